The standard InChI is InChI=1S/C25H26N4O3/c1-17-7-8-22-20(13-17)24-21(25(31)32-22)14-27-29(24)16-23(30)26-10-4-11-28-12-9-18-5-2-3-6-19(18)15-28/h2-3,5-8,13-14H,4,9-12,15-16H2,1H3,(H,26,30). The first-order valence-electron chi connectivity index (χ1n) is 11.0. The van der Waals surface area contributed by atoms with Crippen molar-refractivity contribution in [2.45, 2.75) is 32.9 Å². The minimum Gasteiger partial charge on any atom is -0.422 e. The SMILES string of the molecule is Cc1ccc2oc(=O)c3cnn(CC(=O)NCCCN4CCc5ccccc5C4)c3c2c1. The van der Waals surface area contributed by atoms with E-state index in [4.69, 9.17) is 4.42 Å². The summed E-state index contributed by atoms with van der Waals surface area (Å²) in [7, 11) is 0. The Bertz CT molecular complexity index is 1350. The largest absolute Gasteiger partial charge is 0.422 e. The Labute approximate surface area is 185 Å². The van der Waals surface area contributed by atoms with E-state index in [1.807, 2.05) is 19.1 Å². The summed E-state index contributed by atoms with van der Waals surface area (Å²) in [6.45, 7) is 5.62. The molecule has 0 radical (unpaired) electrons. The average Bonchev–Trinajstić information content (AvgIpc) is 3.22. The monoisotopic (exact) mass is 430 g/mol. The van der Waals surface area contributed by atoms with E-state index in [1.54, 1.807) is 10.7 Å². The van der Waals surface area contributed by atoms with Crippen LogP contribution in [0, 0.1) is 6.92 Å². The van der Waals surface area contributed by atoms with Crippen molar-refractivity contribution in [3.8, 4) is 0 Å². The summed E-state index contributed by atoms with van der Waals surface area (Å²) in [5.41, 5.74) is 4.59. The second-order valence-corrected chi connectivity index (χ2v) is 8.45. The molecule has 0 aliphatic carbocycles. The van der Waals surface area contributed by atoms with Crippen LogP contribution in [0.15, 0.2) is 57.9 Å². The number of rotatable bonds is 6. The molecule has 2 aromatic heterocycles. The summed E-state index contributed by atoms with van der Waals surface area (Å²) < 4.78 is 6.98. The molecule has 1 aliphatic heterocycles. The fourth-order valence-electron chi connectivity index (χ4n) is 4.48. The first-order valence-corrected chi connectivity index (χ1v) is 11.0. The quantitative estimate of drug-likeness (QED) is 0.376. The zero-order chi connectivity index (χ0) is 22.1. The van der Waals surface area contributed by atoms with Crippen LogP contribution < -0.4 is 10.9 Å². The van der Waals surface area contributed by atoms with Gasteiger partial charge in [0, 0.05) is 31.6 Å². The fraction of sp³-hybridized carbons (Fsp3) is 0.320. The summed E-state index contributed by atoms with van der Waals surface area (Å²) >= 11 is 0. The molecule has 5 rings (SSSR count). The number of aromatic nitrogens is 2. The van der Waals surface area contributed by atoms with Crippen molar-refractivity contribution in [2.24, 2.45) is 0 Å². The fourth-order valence-corrected chi connectivity index (χ4v) is 4.48. The van der Waals surface area contributed by atoms with Gasteiger partial charge >= 0.3 is 5.63 Å². The molecule has 32 heavy (non-hydrogen) atoms. The number of carbonyl (C=O) groups excluding carboxylic acids is 1. The van der Waals surface area contributed by atoms with Crippen molar-refractivity contribution in [3.05, 3.63) is 75.8 Å². The second kappa shape index (κ2) is 8.59. The number of fused-ring (bicyclic) bond motifs is 4. The van der Waals surface area contributed by atoms with E-state index in [1.165, 1.54) is 17.3 Å². The highest BCUT2D eigenvalue weighted by molar-refractivity contribution is 6.02. The van der Waals surface area contributed by atoms with E-state index in [0.29, 0.717) is 23.0 Å². The first kappa shape index (κ1) is 20.5. The van der Waals surface area contributed by atoms with Gasteiger partial charge in [0.1, 0.15) is 17.5 Å². The van der Waals surface area contributed by atoms with Crippen LogP contribution in [0.25, 0.3) is 21.9 Å². The lowest BCUT2D eigenvalue weighted by Gasteiger charge is -2.28. The predicted octanol–water partition coefficient (Wildman–Crippen LogP) is 3.02. The van der Waals surface area contributed by atoms with E-state index in [0.717, 1.165) is 43.4 Å². The minimum atomic E-state index is -0.439. The predicted molar refractivity (Wildman–Crippen MR) is 124 cm³/mol. The summed E-state index contributed by atoms with van der Waals surface area (Å²) in [5, 5.41) is 8.45. The molecular weight excluding hydrogens is 404 g/mol. The third-order valence-electron chi connectivity index (χ3n) is 6.13. The van der Waals surface area contributed by atoms with Crippen LogP contribution in [0.1, 0.15) is 23.1 Å². The van der Waals surface area contributed by atoms with Crippen molar-refractivity contribution in [1.29, 1.82) is 0 Å². The van der Waals surface area contributed by atoms with Gasteiger partial charge in [-0.15, -0.1) is 0 Å². The van der Waals surface area contributed by atoms with Crippen LogP contribution in [0.3, 0.4) is 0 Å². The number of amides is 1. The topological polar surface area (TPSA) is 80.4 Å². The van der Waals surface area contributed by atoms with Gasteiger partial charge in [0.05, 0.1) is 11.7 Å². The van der Waals surface area contributed by atoms with Crippen molar-refractivity contribution in [2.75, 3.05) is 19.6 Å². The molecule has 0 unspecified atom stereocenters. The van der Waals surface area contributed by atoms with Gasteiger partial charge in [-0.3, -0.25) is 14.4 Å². The first-order chi connectivity index (χ1) is 15.6. The summed E-state index contributed by atoms with van der Waals surface area (Å²) in [6.07, 6.45) is 3.44. The molecule has 1 aliphatic rings. The lowest BCUT2D eigenvalue weighted by Crippen LogP contribution is -2.34. The van der Waals surface area contributed by atoms with Crippen LogP contribution in [0.5, 0.6) is 0 Å². The van der Waals surface area contributed by atoms with Crippen molar-refractivity contribution < 1.29 is 9.21 Å². The Hall–Kier alpha value is -3.45. The lowest BCUT2D eigenvalue weighted by molar-refractivity contribution is -0.121. The Morgan fingerprint density at radius 3 is 2.88 bits per heavy atom. The van der Waals surface area contributed by atoms with Crippen LogP contribution in [0.4, 0.5) is 0 Å². The van der Waals surface area contributed by atoms with Crippen LogP contribution in [-0.4, -0.2) is 40.2 Å². The van der Waals surface area contributed by atoms with Gasteiger partial charge in [0.2, 0.25) is 5.91 Å². The van der Waals surface area contributed by atoms with Crippen molar-refractivity contribution in [3.63, 3.8) is 0 Å². The summed E-state index contributed by atoms with van der Waals surface area (Å²) in [4.78, 5) is 27.3. The third-order valence-corrected chi connectivity index (χ3v) is 6.13. The van der Waals surface area contributed by atoms with E-state index in [9.17, 15) is 9.59 Å². The number of nitrogens with zero attached hydrogens (tertiary/aromatic N) is 3. The lowest BCUT2D eigenvalue weighted by atomic mass is 10.00. The van der Waals surface area contributed by atoms with Gasteiger partial charge in [-0.1, -0.05) is 35.9 Å². The normalized spacial score (nSPS) is 14.0. The molecule has 0 fully saturated rings. The minimum absolute atomic E-state index is 0.0626. The van der Waals surface area contributed by atoms with Gasteiger partial charge < -0.3 is 9.73 Å². The molecule has 1 N–H and O–H groups in total. The Morgan fingerprint density at radius 2 is 2.00 bits per heavy atom. The Kier molecular flexibility index (Phi) is 5.49. The highest BCUT2D eigenvalue weighted by Gasteiger charge is 2.17. The molecule has 0 spiro atoms. The molecule has 3 heterocycles. The molecule has 0 saturated heterocycles. The highest BCUT2D eigenvalue weighted by Crippen LogP contribution is 2.23. The highest BCUT2D eigenvalue weighted by atomic mass is 16.4. The maximum atomic E-state index is 12.6. The zero-order valence-corrected chi connectivity index (χ0v) is 18.1. The van der Waals surface area contributed by atoms with Crippen molar-refractivity contribution in [1.82, 2.24) is 20.0 Å². The van der Waals surface area contributed by atoms with Crippen LogP contribution >= 0.6 is 0 Å². The van der Waals surface area contributed by atoms with Gasteiger partial charge in [-0.25, -0.2) is 4.79 Å². The van der Waals surface area contributed by atoms with Gasteiger partial charge in [-0.05, 0) is 43.0 Å². The van der Waals surface area contributed by atoms with E-state index in [-0.39, 0.29) is 12.5 Å². The van der Waals surface area contributed by atoms with Gasteiger partial charge in [0.15, 0.2) is 0 Å². The molecule has 1 amide bonds. The molecule has 0 bridgehead atoms. The molecule has 0 atom stereocenters. The Balaban J connectivity index is 1.20. The second-order valence-electron chi connectivity index (χ2n) is 8.45. The maximum absolute atomic E-state index is 12.6. The number of nitrogens with one attached hydrogen (secondary N) is 1. The average molecular weight is 431 g/mol. The Morgan fingerprint density at radius 1 is 1.16 bits per heavy atom. The van der Waals surface area contributed by atoms with Gasteiger partial charge in [0.25, 0.3) is 0 Å². The smallest absolute Gasteiger partial charge is 0.347 e. The molecule has 7 heteroatoms. The number of hydrogen-bond acceptors (Lipinski definition) is 5. The van der Waals surface area contributed by atoms with Gasteiger partial charge in [-0.2, -0.15) is 5.10 Å². The number of hydrogen-bond donors (Lipinski definition) is 1. The van der Waals surface area contributed by atoms with Crippen LogP contribution in [-0.2, 0) is 24.3 Å². The number of benzene rings is 2. The van der Waals surface area contributed by atoms with E-state index in [2.05, 4.69) is 39.6 Å². The van der Waals surface area contributed by atoms with Crippen LogP contribution in [0.2, 0.25) is 0 Å². The molecular formula is C25H26N4O3. The molecule has 4 aromatic rings. The summed E-state index contributed by atoms with van der Waals surface area (Å²) in [6, 6.07) is 14.2. The molecule has 7 nitrogen and oxygen atoms in total. The molecule has 164 valence electrons. The number of aryl methyl sites for hydroxylation is 1. The number of carbonyl (C=O) groups is 1. The maximum Gasteiger partial charge on any atom is 0.347 e. The third kappa shape index (κ3) is 4.03. The van der Waals surface area contributed by atoms with E-state index < -0.39 is 5.63 Å². The molecule has 2 aromatic carbocycles. The van der Waals surface area contributed by atoms with Crippen molar-refractivity contribution >= 4 is 27.8 Å². The van der Waals surface area contributed by atoms with E-state index >= 15 is 0 Å². The zero-order valence-electron chi connectivity index (χ0n) is 18.1. The molecule has 0 saturated carbocycles. The summed E-state index contributed by atoms with van der Waals surface area (Å²) in [5.74, 6) is -0.118.